The van der Waals surface area contributed by atoms with Crippen LogP contribution in [0.1, 0.15) is 28.1 Å². The number of aryl methyl sites for hydroxylation is 1. The van der Waals surface area contributed by atoms with Gasteiger partial charge >= 0.3 is 0 Å². The highest BCUT2D eigenvalue weighted by Crippen LogP contribution is 2.29. The predicted octanol–water partition coefficient (Wildman–Crippen LogP) is 2.64. The Morgan fingerprint density at radius 2 is 2.41 bits per heavy atom. The molecule has 1 aliphatic heterocycles. The molecule has 94 valence electrons. The minimum Gasteiger partial charge on any atom is -0.337 e. The van der Waals surface area contributed by atoms with E-state index in [-0.39, 0.29) is 5.91 Å². The van der Waals surface area contributed by atoms with Gasteiger partial charge in [0.1, 0.15) is 0 Å². The molecule has 1 saturated heterocycles. The molecule has 1 aromatic rings. The van der Waals surface area contributed by atoms with Crippen molar-refractivity contribution >= 4 is 33.2 Å². The zero-order chi connectivity index (χ0) is 12.4. The van der Waals surface area contributed by atoms with Crippen molar-refractivity contribution in [3.63, 3.8) is 0 Å². The van der Waals surface area contributed by atoms with E-state index in [0.717, 1.165) is 35.3 Å². The maximum absolute atomic E-state index is 12.4. The summed E-state index contributed by atoms with van der Waals surface area (Å²) in [5, 5.41) is 3.26. The summed E-state index contributed by atoms with van der Waals surface area (Å²) in [6.45, 7) is 3.72. The topological polar surface area (TPSA) is 32.3 Å². The van der Waals surface area contributed by atoms with Crippen molar-refractivity contribution < 1.29 is 4.79 Å². The van der Waals surface area contributed by atoms with Gasteiger partial charge in [-0.25, -0.2) is 0 Å². The summed E-state index contributed by atoms with van der Waals surface area (Å²) < 4.78 is 0.951. The molecule has 3 nitrogen and oxygen atoms in total. The van der Waals surface area contributed by atoms with Gasteiger partial charge in [-0.2, -0.15) is 0 Å². The van der Waals surface area contributed by atoms with Crippen LogP contribution in [-0.4, -0.2) is 37.0 Å². The smallest absolute Gasteiger partial charge is 0.255 e. The Kier molecular flexibility index (Phi) is 4.22. The number of piperidine rings is 1. The van der Waals surface area contributed by atoms with Gasteiger partial charge in [0.2, 0.25) is 0 Å². The Morgan fingerprint density at radius 3 is 3.00 bits per heavy atom. The van der Waals surface area contributed by atoms with Gasteiger partial charge in [-0.3, -0.25) is 4.79 Å². The number of likely N-dealkylation sites (tertiary alicyclic amines) is 1. The van der Waals surface area contributed by atoms with Crippen molar-refractivity contribution in [3.05, 3.63) is 20.3 Å². The fourth-order valence-electron chi connectivity index (χ4n) is 2.20. The largest absolute Gasteiger partial charge is 0.337 e. The van der Waals surface area contributed by atoms with Gasteiger partial charge < -0.3 is 10.2 Å². The van der Waals surface area contributed by atoms with Crippen molar-refractivity contribution in [3.8, 4) is 0 Å². The molecule has 5 heteroatoms. The van der Waals surface area contributed by atoms with Gasteiger partial charge in [-0.15, -0.1) is 11.3 Å². The monoisotopic (exact) mass is 316 g/mol. The van der Waals surface area contributed by atoms with Crippen LogP contribution in [0.5, 0.6) is 0 Å². The molecule has 1 amide bonds. The molecule has 2 heterocycles. The average molecular weight is 317 g/mol. The molecule has 0 spiro atoms. The van der Waals surface area contributed by atoms with Gasteiger partial charge in [-0.05, 0) is 48.8 Å². The Hall–Kier alpha value is -0.390. The number of hydrogen-bond donors (Lipinski definition) is 1. The lowest BCUT2D eigenvalue weighted by Gasteiger charge is -2.32. The third-order valence-corrected chi connectivity index (χ3v) is 4.91. The molecule has 1 unspecified atom stereocenters. The fraction of sp³-hybridized carbons (Fsp3) is 0.583. The van der Waals surface area contributed by atoms with Crippen molar-refractivity contribution in [2.24, 2.45) is 0 Å². The van der Waals surface area contributed by atoms with E-state index in [4.69, 9.17) is 0 Å². The Balaban J connectivity index is 2.12. The number of nitrogens with zero attached hydrogens (tertiary/aromatic N) is 1. The normalized spacial score (nSPS) is 20.6. The van der Waals surface area contributed by atoms with Gasteiger partial charge in [-0.1, -0.05) is 0 Å². The van der Waals surface area contributed by atoms with E-state index in [1.165, 1.54) is 4.88 Å². The zero-order valence-corrected chi connectivity index (χ0v) is 12.5. The molecule has 1 fully saturated rings. The summed E-state index contributed by atoms with van der Waals surface area (Å²) in [6.07, 6.45) is 2.24. The van der Waals surface area contributed by atoms with Crippen molar-refractivity contribution in [1.82, 2.24) is 10.2 Å². The maximum atomic E-state index is 12.4. The second-order valence-corrected chi connectivity index (χ2v) is 7.00. The predicted molar refractivity (Wildman–Crippen MR) is 74.7 cm³/mol. The summed E-state index contributed by atoms with van der Waals surface area (Å²) in [7, 11) is 1.96. The molecule has 1 atom stereocenters. The van der Waals surface area contributed by atoms with Crippen LogP contribution in [0.4, 0.5) is 0 Å². The number of rotatable bonds is 2. The quantitative estimate of drug-likeness (QED) is 0.909. The standard InChI is InChI=1S/C12H17BrN2OS/c1-8-6-10(11(13)17-8)12(16)15-5-3-4-9(7-15)14-2/h6,9,14H,3-5,7H2,1-2H3. The Morgan fingerprint density at radius 1 is 1.65 bits per heavy atom. The van der Waals surface area contributed by atoms with Gasteiger partial charge in [0.25, 0.3) is 5.91 Å². The highest BCUT2D eigenvalue weighted by Gasteiger charge is 2.25. The van der Waals surface area contributed by atoms with E-state index in [1.54, 1.807) is 11.3 Å². The molecule has 2 rings (SSSR count). The van der Waals surface area contributed by atoms with E-state index < -0.39 is 0 Å². The molecule has 1 aliphatic rings. The third-order valence-electron chi connectivity index (χ3n) is 3.16. The number of carbonyl (C=O) groups is 1. The van der Waals surface area contributed by atoms with E-state index in [2.05, 4.69) is 21.2 Å². The molecule has 0 radical (unpaired) electrons. The van der Waals surface area contributed by atoms with Crippen molar-refractivity contribution in [2.75, 3.05) is 20.1 Å². The SMILES string of the molecule is CNC1CCCN(C(=O)c2cc(C)sc2Br)C1. The maximum Gasteiger partial charge on any atom is 0.255 e. The Bertz CT molecular complexity index is 419. The first kappa shape index (κ1) is 13.1. The molecular weight excluding hydrogens is 300 g/mol. The fourth-order valence-corrected chi connectivity index (χ4v) is 3.96. The van der Waals surface area contributed by atoms with Gasteiger partial charge in [0, 0.05) is 24.0 Å². The molecule has 0 aromatic carbocycles. The Labute approximate surface area is 114 Å². The van der Waals surface area contributed by atoms with Crippen LogP contribution >= 0.6 is 27.3 Å². The molecule has 1 aromatic heterocycles. The van der Waals surface area contributed by atoms with Crippen LogP contribution in [-0.2, 0) is 0 Å². The number of nitrogens with one attached hydrogen (secondary N) is 1. The first-order chi connectivity index (χ1) is 8.11. The van der Waals surface area contributed by atoms with Crippen LogP contribution in [0.3, 0.4) is 0 Å². The van der Waals surface area contributed by atoms with E-state index in [1.807, 2.05) is 24.9 Å². The summed E-state index contributed by atoms with van der Waals surface area (Å²) >= 11 is 5.09. The number of thiophene rings is 1. The molecule has 0 aliphatic carbocycles. The number of hydrogen-bond acceptors (Lipinski definition) is 3. The molecule has 17 heavy (non-hydrogen) atoms. The lowest BCUT2D eigenvalue weighted by atomic mass is 10.1. The lowest BCUT2D eigenvalue weighted by Crippen LogP contribution is -2.46. The third kappa shape index (κ3) is 2.89. The van der Waals surface area contributed by atoms with Crippen molar-refractivity contribution in [1.29, 1.82) is 0 Å². The van der Waals surface area contributed by atoms with Crippen LogP contribution < -0.4 is 5.32 Å². The lowest BCUT2D eigenvalue weighted by molar-refractivity contribution is 0.0698. The van der Waals surface area contributed by atoms with E-state index in [0.29, 0.717) is 6.04 Å². The summed E-state index contributed by atoms with van der Waals surface area (Å²) in [4.78, 5) is 15.5. The van der Waals surface area contributed by atoms with E-state index in [9.17, 15) is 4.79 Å². The second kappa shape index (κ2) is 5.50. The number of amides is 1. The highest BCUT2D eigenvalue weighted by atomic mass is 79.9. The van der Waals surface area contributed by atoms with Gasteiger partial charge in [0.15, 0.2) is 0 Å². The van der Waals surface area contributed by atoms with Crippen LogP contribution in [0.25, 0.3) is 0 Å². The van der Waals surface area contributed by atoms with Gasteiger partial charge in [0.05, 0.1) is 9.35 Å². The minimum atomic E-state index is 0.154. The first-order valence-electron chi connectivity index (χ1n) is 5.84. The van der Waals surface area contributed by atoms with Crippen molar-refractivity contribution in [2.45, 2.75) is 25.8 Å². The first-order valence-corrected chi connectivity index (χ1v) is 7.45. The second-order valence-electron chi connectivity index (χ2n) is 4.42. The highest BCUT2D eigenvalue weighted by molar-refractivity contribution is 9.11. The molecule has 0 saturated carbocycles. The number of likely N-dealkylation sites (N-methyl/N-ethyl adjacent to an activating group) is 1. The number of halogens is 1. The molecule has 1 N–H and O–H groups in total. The van der Waals surface area contributed by atoms with E-state index >= 15 is 0 Å². The zero-order valence-electron chi connectivity index (χ0n) is 10.1. The average Bonchev–Trinajstić information content (AvgIpc) is 2.67. The summed E-state index contributed by atoms with van der Waals surface area (Å²) in [6, 6.07) is 2.41. The minimum absolute atomic E-state index is 0.154. The number of carbonyl (C=O) groups excluding carboxylic acids is 1. The molecule has 0 bridgehead atoms. The van der Waals surface area contributed by atoms with Crippen LogP contribution in [0, 0.1) is 6.92 Å². The van der Waals surface area contributed by atoms with Crippen LogP contribution in [0.15, 0.2) is 9.85 Å². The summed E-state index contributed by atoms with van der Waals surface area (Å²) in [5.74, 6) is 0.154. The molecular formula is C12H17BrN2OS. The van der Waals surface area contributed by atoms with Crippen LogP contribution in [0.2, 0.25) is 0 Å². The summed E-state index contributed by atoms with van der Waals surface area (Å²) in [5.41, 5.74) is 0.809.